The van der Waals surface area contributed by atoms with Gasteiger partial charge in [0.25, 0.3) is 5.91 Å². The molecule has 2 aromatic carbocycles. The summed E-state index contributed by atoms with van der Waals surface area (Å²) in [5.74, 6) is 0.739. The number of carbonyl (C=O) groups excluding carboxylic acids is 1. The Labute approximate surface area is 160 Å². The highest BCUT2D eigenvalue weighted by atomic mass is 35.5. The number of hydrogen-bond acceptors (Lipinski definition) is 4. The van der Waals surface area contributed by atoms with Gasteiger partial charge in [0.2, 0.25) is 0 Å². The molecule has 6 nitrogen and oxygen atoms in total. The lowest BCUT2D eigenvalue weighted by Crippen LogP contribution is -2.16. The predicted octanol–water partition coefficient (Wildman–Crippen LogP) is 4.21. The molecule has 4 rings (SSSR count). The molecule has 0 atom stereocenters. The molecule has 0 saturated carbocycles. The maximum Gasteiger partial charge on any atom is 0.260 e. The summed E-state index contributed by atoms with van der Waals surface area (Å²) in [4.78, 5) is 17.0. The Bertz CT molecular complexity index is 1090. The van der Waals surface area contributed by atoms with Gasteiger partial charge in [0.15, 0.2) is 5.65 Å². The first-order valence-electron chi connectivity index (χ1n) is 8.27. The molecule has 4 aromatic rings. The van der Waals surface area contributed by atoms with Gasteiger partial charge in [0.1, 0.15) is 18.2 Å². The van der Waals surface area contributed by atoms with Gasteiger partial charge < -0.3 is 10.1 Å². The lowest BCUT2D eigenvalue weighted by Gasteiger charge is -2.12. The lowest BCUT2D eigenvalue weighted by atomic mass is 10.2. The van der Waals surface area contributed by atoms with E-state index in [0.29, 0.717) is 34.4 Å². The number of fused-ring (bicyclic) bond motifs is 1. The quantitative estimate of drug-likeness (QED) is 0.564. The molecule has 0 aliphatic carbocycles. The average molecular weight is 379 g/mol. The smallest absolute Gasteiger partial charge is 0.260 e. The van der Waals surface area contributed by atoms with Crippen molar-refractivity contribution in [2.45, 2.75) is 6.61 Å². The van der Waals surface area contributed by atoms with Gasteiger partial charge in [-0.3, -0.25) is 4.79 Å². The molecule has 0 saturated heterocycles. The van der Waals surface area contributed by atoms with Crippen molar-refractivity contribution in [3.8, 4) is 5.75 Å². The monoisotopic (exact) mass is 378 g/mol. The third kappa shape index (κ3) is 3.75. The maximum atomic E-state index is 12.8. The minimum atomic E-state index is -0.287. The Hall–Kier alpha value is -3.38. The zero-order valence-corrected chi connectivity index (χ0v) is 14.9. The summed E-state index contributed by atoms with van der Waals surface area (Å²) in [6.07, 6.45) is 3.25. The van der Waals surface area contributed by atoms with Gasteiger partial charge in [0, 0.05) is 17.3 Å². The summed E-state index contributed by atoms with van der Waals surface area (Å²) in [7, 11) is 0. The molecule has 134 valence electrons. The van der Waals surface area contributed by atoms with Gasteiger partial charge in [-0.25, -0.2) is 4.98 Å². The number of aromatic nitrogens is 3. The highest BCUT2D eigenvalue weighted by Gasteiger charge is 2.14. The predicted molar refractivity (Wildman–Crippen MR) is 103 cm³/mol. The van der Waals surface area contributed by atoms with Crippen molar-refractivity contribution < 1.29 is 9.53 Å². The molecule has 0 radical (unpaired) electrons. The molecule has 1 amide bonds. The van der Waals surface area contributed by atoms with Crippen LogP contribution >= 0.6 is 11.6 Å². The van der Waals surface area contributed by atoms with Crippen molar-refractivity contribution in [2.24, 2.45) is 0 Å². The van der Waals surface area contributed by atoms with Crippen molar-refractivity contribution >= 4 is 29.0 Å². The number of hydrogen-bond donors (Lipinski definition) is 1. The standard InChI is InChI=1S/C20H15ClN4O2/c21-15-7-5-14(6-8-15)13-27-17-4-2-1-3-16(17)20(26)24-19-9-11-22-18-10-12-23-25(18)19/h1-12H,13H2,(H,24,26). The van der Waals surface area contributed by atoms with Gasteiger partial charge in [-0.15, -0.1) is 0 Å². The van der Waals surface area contributed by atoms with E-state index >= 15 is 0 Å². The number of carbonyl (C=O) groups is 1. The van der Waals surface area contributed by atoms with Crippen molar-refractivity contribution in [3.63, 3.8) is 0 Å². The van der Waals surface area contributed by atoms with E-state index < -0.39 is 0 Å². The van der Waals surface area contributed by atoms with Crippen LogP contribution in [0.5, 0.6) is 5.75 Å². The van der Waals surface area contributed by atoms with Crippen LogP contribution in [-0.4, -0.2) is 20.5 Å². The summed E-state index contributed by atoms with van der Waals surface area (Å²) in [5, 5.41) is 7.69. The van der Waals surface area contributed by atoms with Crippen LogP contribution in [0.2, 0.25) is 5.02 Å². The van der Waals surface area contributed by atoms with Crippen LogP contribution in [0.3, 0.4) is 0 Å². The zero-order chi connectivity index (χ0) is 18.6. The number of para-hydroxylation sites is 1. The third-order valence-corrected chi connectivity index (χ3v) is 4.22. The van der Waals surface area contributed by atoms with E-state index in [1.54, 1.807) is 59.4 Å². The Morgan fingerprint density at radius 2 is 1.85 bits per heavy atom. The number of amides is 1. The number of halogens is 1. The molecule has 0 fully saturated rings. The van der Waals surface area contributed by atoms with Crippen LogP contribution in [-0.2, 0) is 6.61 Å². The van der Waals surface area contributed by atoms with Gasteiger partial charge in [-0.05, 0) is 35.9 Å². The lowest BCUT2D eigenvalue weighted by molar-refractivity contribution is 0.102. The van der Waals surface area contributed by atoms with E-state index in [4.69, 9.17) is 16.3 Å². The SMILES string of the molecule is O=C(Nc1ccnc2ccnn12)c1ccccc1OCc1ccc(Cl)cc1. The fraction of sp³-hybridized carbons (Fsp3) is 0.0500. The summed E-state index contributed by atoms with van der Waals surface area (Å²) in [6.45, 7) is 0.333. The molecule has 0 aliphatic rings. The summed E-state index contributed by atoms with van der Waals surface area (Å²) < 4.78 is 7.42. The van der Waals surface area contributed by atoms with Crippen molar-refractivity contribution in [2.75, 3.05) is 5.32 Å². The van der Waals surface area contributed by atoms with Gasteiger partial charge in [-0.1, -0.05) is 35.9 Å². The average Bonchev–Trinajstić information content (AvgIpc) is 3.18. The first-order valence-corrected chi connectivity index (χ1v) is 8.65. The maximum absolute atomic E-state index is 12.8. The zero-order valence-electron chi connectivity index (χ0n) is 14.2. The number of benzene rings is 2. The molecule has 0 bridgehead atoms. The number of anilines is 1. The minimum Gasteiger partial charge on any atom is -0.488 e. The molecule has 2 heterocycles. The highest BCUT2D eigenvalue weighted by molar-refractivity contribution is 6.30. The molecule has 0 unspecified atom stereocenters. The number of ether oxygens (including phenoxy) is 1. The largest absolute Gasteiger partial charge is 0.488 e. The van der Waals surface area contributed by atoms with Gasteiger partial charge in [-0.2, -0.15) is 9.61 Å². The molecular formula is C20H15ClN4O2. The Kier molecular flexibility index (Phi) is 4.72. The van der Waals surface area contributed by atoms with Crippen molar-refractivity contribution in [1.82, 2.24) is 14.6 Å². The Morgan fingerprint density at radius 3 is 2.70 bits per heavy atom. The van der Waals surface area contributed by atoms with Crippen LogP contribution < -0.4 is 10.1 Å². The van der Waals surface area contributed by atoms with Gasteiger partial charge >= 0.3 is 0 Å². The molecule has 0 aliphatic heterocycles. The molecule has 7 heteroatoms. The van der Waals surface area contributed by atoms with Crippen LogP contribution in [0, 0.1) is 0 Å². The summed E-state index contributed by atoms with van der Waals surface area (Å²) >= 11 is 5.90. The molecule has 0 spiro atoms. The van der Waals surface area contributed by atoms with Crippen LogP contribution in [0.1, 0.15) is 15.9 Å². The minimum absolute atomic E-state index is 0.287. The first-order chi connectivity index (χ1) is 13.2. The van der Waals surface area contributed by atoms with Crippen LogP contribution in [0.25, 0.3) is 5.65 Å². The number of nitrogens with one attached hydrogen (secondary N) is 1. The Balaban J connectivity index is 1.54. The van der Waals surface area contributed by atoms with Gasteiger partial charge in [0.05, 0.1) is 11.8 Å². The fourth-order valence-corrected chi connectivity index (χ4v) is 2.76. The fourth-order valence-electron chi connectivity index (χ4n) is 2.63. The normalized spacial score (nSPS) is 10.7. The van der Waals surface area contributed by atoms with Crippen LogP contribution in [0.15, 0.2) is 73.1 Å². The summed E-state index contributed by atoms with van der Waals surface area (Å²) in [6, 6.07) is 17.9. The molecule has 2 aromatic heterocycles. The first kappa shape index (κ1) is 17.1. The second-order valence-electron chi connectivity index (χ2n) is 5.80. The van der Waals surface area contributed by atoms with E-state index in [-0.39, 0.29) is 5.91 Å². The van der Waals surface area contributed by atoms with Crippen molar-refractivity contribution in [1.29, 1.82) is 0 Å². The number of rotatable bonds is 5. The number of nitrogens with zero attached hydrogens (tertiary/aromatic N) is 3. The van der Waals surface area contributed by atoms with E-state index in [2.05, 4.69) is 15.4 Å². The third-order valence-electron chi connectivity index (χ3n) is 3.97. The van der Waals surface area contributed by atoms with Crippen molar-refractivity contribution in [3.05, 3.63) is 89.2 Å². The molecular weight excluding hydrogens is 364 g/mol. The molecule has 27 heavy (non-hydrogen) atoms. The van der Waals surface area contributed by atoms with Crippen LogP contribution in [0.4, 0.5) is 5.82 Å². The highest BCUT2D eigenvalue weighted by Crippen LogP contribution is 2.21. The summed E-state index contributed by atoms with van der Waals surface area (Å²) in [5.41, 5.74) is 2.05. The second kappa shape index (κ2) is 7.47. The van der Waals surface area contributed by atoms with E-state index in [1.165, 1.54) is 0 Å². The van der Waals surface area contributed by atoms with E-state index in [1.807, 2.05) is 18.2 Å². The van der Waals surface area contributed by atoms with E-state index in [9.17, 15) is 4.79 Å². The topological polar surface area (TPSA) is 68.5 Å². The Morgan fingerprint density at radius 1 is 1.04 bits per heavy atom. The molecule has 1 N–H and O–H groups in total. The van der Waals surface area contributed by atoms with E-state index in [0.717, 1.165) is 5.56 Å². The second-order valence-corrected chi connectivity index (χ2v) is 6.23.